The van der Waals surface area contributed by atoms with E-state index in [0.717, 1.165) is 29.7 Å². The first-order valence-corrected chi connectivity index (χ1v) is 5.39. The second-order valence-electron chi connectivity index (χ2n) is 3.74. The summed E-state index contributed by atoms with van der Waals surface area (Å²) in [6, 6.07) is 7.72. The maximum Gasteiger partial charge on any atom is 0.135 e. The van der Waals surface area contributed by atoms with Crippen molar-refractivity contribution in [2.45, 2.75) is 18.3 Å². The van der Waals surface area contributed by atoms with Crippen LogP contribution in [0.25, 0.3) is 10.9 Å². The Morgan fingerprint density at radius 3 is 3.07 bits per heavy atom. The van der Waals surface area contributed by atoms with Crippen molar-refractivity contribution in [2.24, 2.45) is 0 Å². The van der Waals surface area contributed by atoms with Gasteiger partial charge in [-0.1, -0.05) is 12.1 Å². The van der Waals surface area contributed by atoms with Crippen molar-refractivity contribution in [1.82, 2.24) is 9.55 Å². The van der Waals surface area contributed by atoms with Gasteiger partial charge in [0.15, 0.2) is 0 Å². The quantitative estimate of drug-likeness (QED) is 0.679. The molecule has 0 amide bonds. The fourth-order valence-corrected chi connectivity index (χ4v) is 2.32. The molecule has 0 bridgehead atoms. The normalized spacial score (nSPS) is 19.4. The Kier molecular flexibility index (Phi) is 1.83. The second-order valence-corrected chi connectivity index (χ2v) is 4.27. The van der Waals surface area contributed by atoms with Gasteiger partial charge in [-0.05, 0) is 18.6 Å². The molecule has 0 spiro atoms. The van der Waals surface area contributed by atoms with Crippen LogP contribution in [0.5, 0.6) is 0 Å². The van der Waals surface area contributed by atoms with Crippen LogP contribution in [0.4, 0.5) is 0 Å². The summed E-state index contributed by atoms with van der Waals surface area (Å²) in [5.74, 6) is 0.834. The number of aromatic nitrogens is 2. The van der Waals surface area contributed by atoms with Gasteiger partial charge in [0.2, 0.25) is 0 Å². The molecule has 0 radical (unpaired) electrons. The zero-order valence-corrected chi connectivity index (χ0v) is 8.83. The Morgan fingerprint density at radius 1 is 1.40 bits per heavy atom. The van der Waals surface area contributed by atoms with Gasteiger partial charge >= 0.3 is 0 Å². The average molecular weight is 220 g/mol. The van der Waals surface area contributed by atoms with E-state index in [9.17, 15) is 0 Å². The summed E-state index contributed by atoms with van der Waals surface area (Å²) in [6.07, 6.45) is 0.872. The number of nitrogens with one attached hydrogen (secondary N) is 1. The summed E-state index contributed by atoms with van der Waals surface area (Å²) in [5.41, 5.74) is 1.39. The largest absolute Gasteiger partial charge is 0.313 e. The molecular weight excluding hydrogens is 210 g/mol. The third-order valence-electron chi connectivity index (χ3n) is 2.83. The van der Waals surface area contributed by atoms with Gasteiger partial charge in [0.1, 0.15) is 11.3 Å². The zero-order valence-electron chi connectivity index (χ0n) is 8.07. The van der Waals surface area contributed by atoms with E-state index in [1.807, 2.05) is 28.8 Å². The fourth-order valence-electron chi connectivity index (χ4n) is 2.05. The van der Waals surface area contributed by atoms with Crippen molar-refractivity contribution < 1.29 is 0 Å². The average Bonchev–Trinajstić information content (AvgIpc) is 2.62. The number of hydrogen-bond donors (Lipinski definition) is 1. The molecule has 0 saturated carbocycles. The molecule has 2 heterocycles. The Bertz CT molecular complexity index is 588. The highest BCUT2D eigenvalue weighted by Crippen LogP contribution is 2.29. The van der Waals surface area contributed by atoms with E-state index in [1.165, 1.54) is 0 Å². The smallest absolute Gasteiger partial charge is 0.135 e. The maximum atomic E-state index is 8.07. The van der Waals surface area contributed by atoms with Crippen molar-refractivity contribution in [2.75, 3.05) is 0 Å². The molecule has 76 valence electrons. The number of nitrogens with zero attached hydrogens (tertiary/aromatic N) is 2. The predicted octanol–water partition coefficient (Wildman–Crippen LogP) is 2.20. The first-order chi connectivity index (χ1) is 7.27. The minimum atomic E-state index is -0.0429. The number of rotatable bonds is 0. The van der Waals surface area contributed by atoms with E-state index in [2.05, 4.69) is 4.98 Å². The van der Waals surface area contributed by atoms with Crippen molar-refractivity contribution in [3.05, 3.63) is 35.6 Å². The van der Waals surface area contributed by atoms with Crippen LogP contribution in [-0.4, -0.2) is 9.55 Å². The van der Waals surface area contributed by atoms with Gasteiger partial charge in [-0.15, -0.1) is 11.6 Å². The number of halogens is 1. The minimum absolute atomic E-state index is 0.0429. The van der Waals surface area contributed by atoms with Crippen LogP contribution in [0, 0.1) is 5.41 Å². The lowest BCUT2D eigenvalue weighted by Crippen LogP contribution is -2.21. The SMILES string of the molecule is N=c1c2ccccc2nc2n1CCC2Cl. The molecule has 1 unspecified atom stereocenters. The fraction of sp³-hybridized carbons (Fsp3) is 0.273. The topological polar surface area (TPSA) is 41.7 Å². The highest BCUT2D eigenvalue weighted by molar-refractivity contribution is 6.20. The third-order valence-corrected chi connectivity index (χ3v) is 3.24. The molecule has 4 heteroatoms. The summed E-state index contributed by atoms with van der Waals surface area (Å²) in [7, 11) is 0. The molecule has 1 N–H and O–H groups in total. The monoisotopic (exact) mass is 219 g/mol. The number of alkyl halides is 1. The van der Waals surface area contributed by atoms with Crippen LogP contribution in [0.15, 0.2) is 24.3 Å². The van der Waals surface area contributed by atoms with Crippen LogP contribution in [0.1, 0.15) is 17.6 Å². The lowest BCUT2D eigenvalue weighted by Gasteiger charge is -2.07. The highest BCUT2D eigenvalue weighted by Gasteiger charge is 2.22. The molecule has 1 aromatic carbocycles. The van der Waals surface area contributed by atoms with Crippen molar-refractivity contribution in [3.8, 4) is 0 Å². The van der Waals surface area contributed by atoms with E-state index < -0.39 is 0 Å². The number of benzene rings is 1. The highest BCUT2D eigenvalue weighted by atomic mass is 35.5. The van der Waals surface area contributed by atoms with Crippen LogP contribution < -0.4 is 5.49 Å². The van der Waals surface area contributed by atoms with Crippen LogP contribution in [0.2, 0.25) is 0 Å². The standard InChI is InChI=1S/C11H10ClN3/c12-8-5-6-15-10(13)7-3-1-2-4-9(7)14-11(8)15/h1-4,8,13H,5-6H2. The summed E-state index contributed by atoms with van der Waals surface area (Å²) >= 11 is 6.15. The van der Waals surface area contributed by atoms with Gasteiger partial charge in [0.25, 0.3) is 0 Å². The van der Waals surface area contributed by atoms with E-state index in [1.54, 1.807) is 0 Å². The molecule has 1 aromatic heterocycles. The van der Waals surface area contributed by atoms with Crippen molar-refractivity contribution >= 4 is 22.5 Å². The molecule has 0 saturated heterocycles. The molecule has 3 rings (SSSR count). The van der Waals surface area contributed by atoms with Gasteiger partial charge in [0, 0.05) is 11.9 Å². The summed E-state index contributed by atoms with van der Waals surface area (Å²) < 4.78 is 1.90. The minimum Gasteiger partial charge on any atom is -0.313 e. The number of hydrogen-bond acceptors (Lipinski definition) is 2. The Hall–Kier alpha value is -1.35. The Labute approximate surface area is 91.8 Å². The molecule has 0 fully saturated rings. The number of para-hydroxylation sites is 1. The molecule has 0 aliphatic carbocycles. The molecule has 3 nitrogen and oxygen atoms in total. The van der Waals surface area contributed by atoms with Gasteiger partial charge in [-0.2, -0.15) is 0 Å². The third kappa shape index (κ3) is 1.20. The molecule has 1 atom stereocenters. The Morgan fingerprint density at radius 2 is 2.20 bits per heavy atom. The van der Waals surface area contributed by atoms with Crippen LogP contribution in [-0.2, 0) is 6.54 Å². The van der Waals surface area contributed by atoms with Gasteiger partial charge in [-0.3, -0.25) is 5.41 Å². The van der Waals surface area contributed by atoms with Gasteiger partial charge < -0.3 is 4.57 Å². The molecule has 15 heavy (non-hydrogen) atoms. The predicted molar refractivity (Wildman–Crippen MR) is 58.8 cm³/mol. The van der Waals surface area contributed by atoms with Crippen LogP contribution >= 0.6 is 11.6 Å². The summed E-state index contributed by atoms with van der Waals surface area (Å²) in [5, 5.41) is 8.93. The lowest BCUT2D eigenvalue weighted by atomic mass is 10.2. The molecule has 1 aliphatic rings. The first-order valence-electron chi connectivity index (χ1n) is 4.95. The van der Waals surface area contributed by atoms with Crippen molar-refractivity contribution in [3.63, 3.8) is 0 Å². The first kappa shape index (κ1) is 8.92. The van der Waals surface area contributed by atoms with E-state index in [4.69, 9.17) is 17.0 Å². The maximum absolute atomic E-state index is 8.07. The van der Waals surface area contributed by atoms with E-state index >= 15 is 0 Å². The van der Waals surface area contributed by atoms with Crippen LogP contribution in [0.3, 0.4) is 0 Å². The molecular formula is C11H10ClN3. The van der Waals surface area contributed by atoms with E-state index in [0.29, 0.717) is 5.49 Å². The van der Waals surface area contributed by atoms with Gasteiger partial charge in [-0.25, -0.2) is 4.98 Å². The van der Waals surface area contributed by atoms with E-state index in [-0.39, 0.29) is 5.38 Å². The Balaban J connectivity index is 2.46. The molecule has 2 aromatic rings. The summed E-state index contributed by atoms with van der Waals surface area (Å²) in [4.78, 5) is 4.51. The summed E-state index contributed by atoms with van der Waals surface area (Å²) in [6.45, 7) is 0.806. The van der Waals surface area contributed by atoms with Gasteiger partial charge in [0.05, 0.1) is 10.9 Å². The van der Waals surface area contributed by atoms with Crippen molar-refractivity contribution in [1.29, 1.82) is 5.41 Å². The second kappa shape index (κ2) is 3.07. The number of fused-ring (bicyclic) bond motifs is 2. The zero-order chi connectivity index (χ0) is 10.4. The molecule has 1 aliphatic heterocycles. The lowest BCUT2D eigenvalue weighted by molar-refractivity contribution is 0.698.